The first-order chi connectivity index (χ1) is 9.99. The maximum absolute atomic E-state index is 11.2. The molecular weight excluding hydrogens is 282 g/mol. The SMILES string of the molecule is CNC(CCCS(C)(=O)=O)Cc1cccc2ccccc12. The lowest BCUT2D eigenvalue weighted by Gasteiger charge is -2.17. The number of benzene rings is 2. The number of nitrogens with one attached hydrogen (secondary N) is 1. The lowest BCUT2D eigenvalue weighted by molar-refractivity contribution is 0.512. The molecule has 0 aliphatic rings. The minimum Gasteiger partial charge on any atom is -0.317 e. The van der Waals surface area contributed by atoms with Crippen molar-refractivity contribution in [2.45, 2.75) is 25.3 Å². The number of likely N-dealkylation sites (N-methyl/N-ethyl adjacent to an activating group) is 1. The Balaban J connectivity index is 2.06. The number of sulfone groups is 1. The third kappa shape index (κ3) is 4.83. The molecule has 0 aliphatic carbocycles. The summed E-state index contributed by atoms with van der Waals surface area (Å²) in [5.74, 6) is 0.265. The molecule has 1 unspecified atom stereocenters. The molecule has 0 saturated carbocycles. The van der Waals surface area contributed by atoms with Crippen LogP contribution in [-0.4, -0.2) is 33.5 Å². The van der Waals surface area contributed by atoms with Crippen LogP contribution in [-0.2, 0) is 16.3 Å². The van der Waals surface area contributed by atoms with Gasteiger partial charge in [0.05, 0.1) is 0 Å². The van der Waals surface area contributed by atoms with Crippen LogP contribution in [0.5, 0.6) is 0 Å². The summed E-state index contributed by atoms with van der Waals surface area (Å²) in [4.78, 5) is 0. The van der Waals surface area contributed by atoms with Gasteiger partial charge in [0.2, 0.25) is 0 Å². The molecule has 1 atom stereocenters. The van der Waals surface area contributed by atoms with Crippen LogP contribution < -0.4 is 5.32 Å². The van der Waals surface area contributed by atoms with E-state index in [1.807, 2.05) is 13.1 Å². The second-order valence-electron chi connectivity index (χ2n) is 5.60. The Hall–Kier alpha value is -1.39. The highest BCUT2D eigenvalue weighted by molar-refractivity contribution is 7.90. The first kappa shape index (κ1) is 16.0. The van der Waals surface area contributed by atoms with Gasteiger partial charge in [0.25, 0.3) is 0 Å². The Morgan fingerprint density at radius 2 is 1.81 bits per heavy atom. The summed E-state index contributed by atoms with van der Waals surface area (Å²) in [5, 5.41) is 5.84. The maximum Gasteiger partial charge on any atom is 0.147 e. The van der Waals surface area contributed by atoms with Gasteiger partial charge in [-0.2, -0.15) is 0 Å². The molecule has 21 heavy (non-hydrogen) atoms. The van der Waals surface area contributed by atoms with Crippen LogP contribution in [0.15, 0.2) is 42.5 Å². The van der Waals surface area contributed by atoms with Crippen LogP contribution in [0.1, 0.15) is 18.4 Å². The first-order valence-corrected chi connectivity index (χ1v) is 9.37. The number of fused-ring (bicyclic) bond motifs is 1. The van der Waals surface area contributed by atoms with Gasteiger partial charge in [0.15, 0.2) is 0 Å². The molecule has 0 heterocycles. The van der Waals surface area contributed by atoms with Gasteiger partial charge in [-0.3, -0.25) is 0 Å². The van der Waals surface area contributed by atoms with E-state index in [-0.39, 0.29) is 5.75 Å². The third-order valence-corrected chi connectivity index (χ3v) is 4.85. The predicted octanol–water partition coefficient (Wildman–Crippen LogP) is 2.80. The standard InChI is InChI=1S/C17H23NO2S/c1-18-16(10-6-12-21(2,19)20)13-15-9-5-8-14-7-3-4-11-17(14)15/h3-5,7-9,11,16,18H,6,10,12-13H2,1-2H3. The van der Waals surface area contributed by atoms with Crippen molar-refractivity contribution in [1.82, 2.24) is 5.32 Å². The minimum absolute atomic E-state index is 0.265. The van der Waals surface area contributed by atoms with Crippen LogP contribution in [0.25, 0.3) is 10.8 Å². The summed E-state index contributed by atoms with van der Waals surface area (Å²) in [7, 11) is -0.923. The van der Waals surface area contributed by atoms with E-state index in [0.717, 1.165) is 12.8 Å². The zero-order valence-electron chi connectivity index (χ0n) is 12.7. The van der Waals surface area contributed by atoms with Gasteiger partial charge < -0.3 is 5.32 Å². The summed E-state index contributed by atoms with van der Waals surface area (Å²) in [6.45, 7) is 0. The van der Waals surface area contributed by atoms with Crippen LogP contribution in [0, 0.1) is 0 Å². The van der Waals surface area contributed by atoms with Gasteiger partial charge in [0, 0.05) is 18.1 Å². The largest absolute Gasteiger partial charge is 0.317 e. The van der Waals surface area contributed by atoms with Crippen molar-refractivity contribution in [2.75, 3.05) is 19.1 Å². The molecule has 0 fully saturated rings. The van der Waals surface area contributed by atoms with E-state index in [0.29, 0.717) is 12.5 Å². The van der Waals surface area contributed by atoms with E-state index in [1.165, 1.54) is 22.6 Å². The normalized spacial score (nSPS) is 13.4. The minimum atomic E-state index is -2.86. The molecule has 2 aromatic rings. The Bertz CT molecular complexity index is 690. The zero-order valence-corrected chi connectivity index (χ0v) is 13.5. The molecule has 0 spiro atoms. The summed E-state index contributed by atoms with van der Waals surface area (Å²) >= 11 is 0. The van der Waals surface area contributed by atoms with E-state index in [1.54, 1.807) is 0 Å². The van der Waals surface area contributed by atoms with Crippen molar-refractivity contribution in [3.05, 3.63) is 48.0 Å². The molecule has 0 radical (unpaired) electrons. The van der Waals surface area contributed by atoms with E-state index in [2.05, 4.69) is 41.7 Å². The molecule has 0 aliphatic heterocycles. The van der Waals surface area contributed by atoms with Crippen LogP contribution in [0.2, 0.25) is 0 Å². The predicted molar refractivity (Wildman–Crippen MR) is 89.4 cm³/mol. The van der Waals surface area contributed by atoms with Gasteiger partial charge in [0.1, 0.15) is 9.84 Å². The number of hydrogen-bond acceptors (Lipinski definition) is 3. The Labute approximate surface area is 127 Å². The van der Waals surface area contributed by atoms with Crippen molar-refractivity contribution in [2.24, 2.45) is 0 Å². The topological polar surface area (TPSA) is 46.2 Å². The van der Waals surface area contributed by atoms with Gasteiger partial charge in [-0.25, -0.2) is 8.42 Å². The molecule has 4 heteroatoms. The van der Waals surface area contributed by atoms with E-state index in [4.69, 9.17) is 0 Å². The Morgan fingerprint density at radius 3 is 2.52 bits per heavy atom. The number of rotatable bonds is 7. The fraction of sp³-hybridized carbons (Fsp3) is 0.412. The first-order valence-electron chi connectivity index (χ1n) is 7.31. The third-order valence-electron chi connectivity index (χ3n) is 3.82. The highest BCUT2D eigenvalue weighted by Crippen LogP contribution is 2.20. The van der Waals surface area contributed by atoms with E-state index >= 15 is 0 Å². The van der Waals surface area contributed by atoms with Crippen molar-refractivity contribution in [3.63, 3.8) is 0 Å². The molecule has 0 bridgehead atoms. The van der Waals surface area contributed by atoms with Gasteiger partial charge >= 0.3 is 0 Å². The molecule has 2 aromatic carbocycles. The highest BCUT2D eigenvalue weighted by Gasteiger charge is 2.11. The monoisotopic (exact) mass is 305 g/mol. The molecule has 0 amide bonds. The van der Waals surface area contributed by atoms with Gasteiger partial charge in [-0.05, 0) is 42.6 Å². The molecule has 2 rings (SSSR count). The Morgan fingerprint density at radius 1 is 1.10 bits per heavy atom. The molecular formula is C17H23NO2S. The average Bonchev–Trinajstić information content (AvgIpc) is 2.45. The van der Waals surface area contributed by atoms with Crippen molar-refractivity contribution < 1.29 is 8.42 Å². The quantitative estimate of drug-likeness (QED) is 0.855. The van der Waals surface area contributed by atoms with Crippen molar-refractivity contribution >= 4 is 20.6 Å². The van der Waals surface area contributed by atoms with Gasteiger partial charge in [-0.15, -0.1) is 0 Å². The van der Waals surface area contributed by atoms with Crippen LogP contribution in [0.3, 0.4) is 0 Å². The lowest BCUT2D eigenvalue weighted by atomic mass is 9.97. The summed E-state index contributed by atoms with van der Waals surface area (Å²) < 4.78 is 22.4. The van der Waals surface area contributed by atoms with Crippen LogP contribution in [0.4, 0.5) is 0 Å². The summed E-state index contributed by atoms with van der Waals surface area (Å²) in [6.07, 6.45) is 3.79. The average molecular weight is 305 g/mol. The van der Waals surface area contributed by atoms with Crippen LogP contribution >= 0.6 is 0 Å². The molecule has 114 valence electrons. The van der Waals surface area contributed by atoms with Gasteiger partial charge in [-0.1, -0.05) is 42.5 Å². The van der Waals surface area contributed by atoms with E-state index in [9.17, 15) is 8.42 Å². The smallest absolute Gasteiger partial charge is 0.147 e. The van der Waals surface area contributed by atoms with E-state index < -0.39 is 9.84 Å². The second-order valence-corrected chi connectivity index (χ2v) is 7.86. The molecule has 0 saturated heterocycles. The summed E-state index contributed by atoms with van der Waals surface area (Å²) in [5.41, 5.74) is 1.31. The fourth-order valence-electron chi connectivity index (χ4n) is 2.68. The maximum atomic E-state index is 11.2. The molecule has 1 N–H and O–H groups in total. The highest BCUT2D eigenvalue weighted by atomic mass is 32.2. The fourth-order valence-corrected chi connectivity index (χ4v) is 3.37. The van der Waals surface area contributed by atoms with Crippen molar-refractivity contribution in [3.8, 4) is 0 Å². The second kappa shape index (κ2) is 7.05. The summed E-state index contributed by atoms with van der Waals surface area (Å²) in [6, 6.07) is 15.0. The van der Waals surface area contributed by atoms with Crippen molar-refractivity contribution in [1.29, 1.82) is 0 Å². The Kier molecular flexibility index (Phi) is 5.37. The zero-order chi connectivity index (χ0) is 15.3. The number of hydrogen-bond donors (Lipinski definition) is 1. The molecule has 0 aromatic heterocycles. The lowest BCUT2D eigenvalue weighted by Crippen LogP contribution is -2.28. The molecule has 3 nitrogen and oxygen atoms in total.